The molecule has 0 bridgehead atoms. The number of aliphatic hydroxyl groups excluding tert-OH is 1. The Bertz CT molecular complexity index is 662. The Morgan fingerprint density at radius 1 is 1.32 bits per heavy atom. The maximum absolute atomic E-state index is 12.9. The maximum Gasteiger partial charge on any atom is 0.226 e. The van der Waals surface area contributed by atoms with E-state index in [0.29, 0.717) is 12.2 Å². The molecule has 1 aliphatic rings. The first-order chi connectivity index (χ1) is 10.6. The minimum atomic E-state index is -0.298. The number of aromatic nitrogens is 2. The molecule has 116 valence electrons. The zero-order valence-corrected chi connectivity index (χ0v) is 12.1. The third kappa shape index (κ3) is 3.33. The molecule has 6 heteroatoms. The second-order valence-electron chi connectivity index (χ2n) is 5.84. The molecular formula is C16H18FN3O2. The number of amides is 1. The van der Waals surface area contributed by atoms with Gasteiger partial charge in [-0.15, -0.1) is 0 Å². The normalized spacial score (nSPS) is 15.5. The van der Waals surface area contributed by atoms with Gasteiger partial charge in [-0.25, -0.2) is 9.07 Å². The Balaban J connectivity index is 1.57. The summed E-state index contributed by atoms with van der Waals surface area (Å²) < 4.78 is 14.5. The van der Waals surface area contributed by atoms with Gasteiger partial charge in [0.25, 0.3) is 0 Å². The molecule has 3 rings (SSSR count). The van der Waals surface area contributed by atoms with Gasteiger partial charge in [-0.3, -0.25) is 4.79 Å². The predicted molar refractivity (Wildman–Crippen MR) is 79.0 cm³/mol. The average Bonchev–Trinajstić information content (AvgIpc) is 3.17. The van der Waals surface area contributed by atoms with Crippen molar-refractivity contribution in [3.63, 3.8) is 0 Å². The topological polar surface area (TPSA) is 67.2 Å². The van der Waals surface area contributed by atoms with E-state index < -0.39 is 0 Å². The molecule has 1 saturated carbocycles. The predicted octanol–water partition coefficient (Wildman–Crippen LogP) is 1.44. The lowest BCUT2D eigenvalue weighted by Crippen LogP contribution is -2.32. The number of benzene rings is 1. The van der Waals surface area contributed by atoms with Crippen molar-refractivity contribution >= 4 is 5.91 Å². The number of hydrogen-bond donors (Lipinski definition) is 2. The van der Waals surface area contributed by atoms with E-state index in [1.54, 1.807) is 29.1 Å². The first-order valence-electron chi connectivity index (χ1n) is 7.28. The van der Waals surface area contributed by atoms with Gasteiger partial charge in [-0.2, -0.15) is 5.10 Å². The molecule has 1 amide bonds. The van der Waals surface area contributed by atoms with E-state index in [0.717, 1.165) is 18.5 Å². The van der Waals surface area contributed by atoms with Crippen molar-refractivity contribution in [2.45, 2.75) is 19.3 Å². The summed E-state index contributed by atoms with van der Waals surface area (Å²) >= 11 is 0. The van der Waals surface area contributed by atoms with E-state index in [2.05, 4.69) is 10.4 Å². The fourth-order valence-corrected chi connectivity index (χ4v) is 2.27. The van der Waals surface area contributed by atoms with Gasteiger partial charge in [-0.1, -0.05) is 0 Å². The third-order valence-electron chi connectivity index (χ3n) is 4.03. The molecule has 1 aliphatic carbocycles. The summed E-state index contributed by atoms with van der Waals surface area (Å²) in [6.45, 7) is 0.632. The molecule has 0 aliphatic heterocycles. The number of carbonyl (C=O) groups excluding carboxylic acids is 1. The SMILES string of the molecule is O=C(Cc1ccn(-c2ccc(F)cc2)n1)NCC1(CO)CC1. The fourth-order valence-electron chi connectivity index (χ4n) is 2.27. The Kier molecular flexibility index (Phi) is 3.94. The second kappa shape index (κ2) is 5.88. The van der Waals surface area contributed by atoms with Crippen molar-refractivity contribution in [2.24, 2.45) is 5.41 Å². The number of aliphatic hydroxyl groups is 1. The Labute approximate surface area is 127 Å². The van der Waals surface area contributed by atoms with Crippen LogP contribution in [0, 0.1) is 11.2 Å². The molecule has 1 aromatic heterocycles. The van der Waals surface area contributed by atoms with Crippen molar-refractivity contribution in [3.8, 4) is 5.69 Å². The van der Waals surface area contributed by atoms with Crippen LogP contribution in [0.15, 0.2) is 36.5 Å². The molecule has 0 radical (unpaired) electrons. The molecular weight excluding hydrogens is 285 g/mol. The van der Waals surface area contributed by atoms with Crippen molar-refractivity contribution in [3.05, 3.63) is 48.0 Å². The molecule has 1 fully saturated rings. The van der Waals surface area contributed by atoms with Crippen LogP contribution in [0.2, 0.25) is 0 Å². The standard InChI is InChI=1S/C16H18FN3O2/c17-12-1-3-14(4-2-12)20-8-5-13(19-20)9-15(22)18-10-16(11-21)6-7-16/h1-5,8,21H,6-7,9-11H2,(H,18,22). The van der Waals surface area contributed by atoms with E-state index in [1.807, 2.05) is 0 Å². The smallest absolute Gasteiger partial charge is 0.226 e. The van der Waals surface area contributed by atoms with Gasteiger partial charge in [0.2, 0.25) is 5.91 Å². The highest BCUT2D eigenvalue weighted by Gasteiger charge is 2.42. The number of carbonyl (C=O) groups is 1. The molecule has 0 spiro atoms. The minimum Gasteiger partial charge on any atom is -0.396 e. The lowest BCUT2D eigenvalue weighted by molar-refractivity contribution is -0.120. The highest BCUT2D eigenvalue weighted by molar-refractivity contribution is 5.78. The van der Waals surface area contributed by atoms with Crippen molar-refractivity contribution < 1.29 is 14.3 Å². The maximum atomic E-state index is 12.9. The zero-order chi connectivity index (χ0) is 15.6. The number of nitrogens with one attached hydrogen (secondary N) is 1. The van der Waals surface area contributed by atoms with Crippen LogP contribution in [-0.4, -0.2) is 33.9 Å². The molecule has 1 heterocycles. The lowest BCUT2D eigenvalue weighted by atomic mass is 10.1. The van der Waals surface area contributed by atoms with Gasteiger partial charge in [0, 0.05) is 18.2 Å². The van der Waals surface area contributed by atoms with E-state index in [4.69, 9.17) is 0 Å². The van der Waals surface area contributed by atoms with E-state index >= 15 is 0 Å². The molecule has 0 unspecified atom stereocenters. The summed E-state index contributed by atoms with van der Waals surface area (Å²) in [5, 5.41) is 16.4. The summed E-state index contributed by atoms with van der Waals surface area (Å²) in [6.07, 6.45) is 3.85. The summed E-state index contributed by atoms with van der Waals surface area (Å²) in [5.74, 6) is -0.405. The molecule has 0 saturated heterocycles. The second-order valence-corrected chi connectivity index (χ2v) is 5.84. The van der Waals surface area contributed by atoms with Gasteiger partial charge in [0.15, 0.2) is 0 Å². The summed E-state index contributed by atoms with van der Waals surface area (Å²) in [4.78, 5) is 11.9. The van der Waals surface area contributed by atoms with Crippen LogP contribution in [0.4, 0.5) is 4.39 Å². The Morgan fingerprint density at radius 3 is 2.68 bits per heavy atom. The summed E-state index contributed by atoms with van der Waals surface area (Å²) in [6, 6.07) is 7.76. The third-order valence-corrected chi connectivity index (χ3v) is 4.03. The quantitative estimate of drug-likeness (QED) is 0.848. The molecule has 0 atom stereocenters. The van der Waals surface area contributed by atoms with Crippen LogP contribution in [-0.2, 0) is 11.2 Å². The molecule has 22 heavy (non-hydrogen) atoms. The van der Waals surface area contributed by atoms with Gasteiger partial charge < -0.3 is 10.4 Å². The van der Waals surface area contributed by atoms with E-state index in [9.17, 15) is 14.3 Å². The van der Waals surface area contributed by atoms with Crippen LogP contribution in [0.5, 0.6) is 0 Å². The van der Waals surface area contributed by atoms with Crippen LogP contribution in [0.3, 0.4) is 0 Å². The van der Waals surface area contributed by atoms with Gasteiger partial charge in [-0.05, 0) is 43.2 Å². The number of halogens is 1. The highest BCUT2D eigenvalue weighted by atomic mass is 19.1. The van der Waals surface area contributed by atoms with Crippen molar-refractivity contribution in [1.82, 2.24) is 15.1 Å². The number of nitrogens with zero attached hydrogens (tertiary/aromatic N) is 2. The summed E-state index contributed by atoms with van der Waals surface area (Å²) in [7, 11) is 0. The number of hydrogen-bond acceptors (Lipinski definition) is 3. The monoisotopic (exact) mass is 303 g/mol. The zero-order valence-electron chi connectivity index (χ0n) is 12.1. The van der Waals surface area contributed by atoms with Crippen molar-refractivity contribution in [1.29, 1.82) is 0 Å². The summed E-state index contributed by atoms with van der Waals surface area (Å²) in [5.41, 5.74) is 1.30. The molecule has 2 aromatic rings. The first-order valence-corrected chi connectivity index (χ1v) is 7.28. The average molecular weight is 303 g/mol. The fraction of sp³-hybridized carbons (Fsp3) is 0.375. The van der Waals surface area contributed by atoms with Gasteiger partial charge >= 0.3 is 0 Å². The molecule has 5 nitrogen and oxygen atoms in total. The van der Waals surface area contributed by atoms with Crippen molar-refractivity contribution in [2.75, 3.05) is 13.2 Å². The van der Waals surface area contributed by atoms with Crippen LogP contribution < -0.4 is 5.32 Å². The van der Waals surface area contributed by atoms with Crippen LogP contribution >= 0.6 is 0 Å². The molecule has 2 N–H and O–H groups in total. The highest BCUT2D eigenvalue weighted by Crippen LogP contribution is 2.44. The van der Waals surface area contributed by atoms with Gasteiger partial charge in [0.1, 0.15) is 5.82 Å². The minimum absolute atomic E-state index is 0.0941. The van der Waals surface area contributed by atoms with Crippen LogP contribution in [0.25, 0.3) is 5.69 Å². The lowest BCUT2D eigenvalue weighted by Gasteiger charge is -2.12. The van der Waals surface area contributed by atoms with Crippen LogP contribution in [0.1, 0.15) is 18.5 Å². The Morgan fingerprint density at radius 2 is 2.05 bits per heavy atom. The van der Waals surface area contributed by atoms with E-state index in [-0.39, 0.29) is 30.2 Å². The number of rotatable bonds is 6. The molecule has 1 aromatic carbocycles. The van der Waals surface area contributed by atoms with Gasteiger partial charge in [0.05, 0.1) is 24.4 Å². The van der Waals surface area contributed by atoms with E-state index in [1.165, 1.54) is 12.1 Å². The first kappa shape index (κ1) is 14.7. The largest absolute Gasteiger partial charge is 0.396 e. The Hall–Kier alpha value is -2.21.